The second-order valence-corrected chi connectivity index (χ2v) is 5.92. The summed E-state index contributed by atoms with van der Waals surface area (Å²) in [4.78, 5) is 30.9. The molecule has 3 rings (SSSR count). The predicted octanol–water partition coefficient (Wildman–Crippen LogP) is 1.56. The molecular formula is C18H19N5O2. The van der Waals surface area contributed by atoms with Gasteiger partial charge in [-0.3, -0.25) is 9.59 Å². The van der Waals surface area contributed by atoms with Crippen molar-refractivity contribution in [3.05, 3.63) is 81.3 Å². The van der Waals surface area contributed by atoms with Crippen molar-refractivity contribution in [2.75, 3.05) is 0 Å². The summed E-state index contributed by atoms with van der Waals surface area (Å²) in [6, 6.07) is 9.16. The highest BCUT2D eigenvalue weighted by atomic mass is 16.1. The Bertz CT molecular complexity index is 927. The number of hydrogen-bond donors (Lipinski definition) is 2. The zero-order chi connectivity index (χ0) is 17.8. The maximum Gasteiger partial charge on any atom is 0.253 e. The van der Waals surface area contributed by atoms with Crippen LogP contribution in [0.25, 0.3) is 0 Å². The molecule has 0 radical (unpaired) electrons. The number of benzene rings is 1. The maximum atomic E-state index is 12.3. The molecule has 0 saturated heterocycles. The monoisotopic (exact) mass is 337 g/mol. The minimum absolute atomic E-state index is 0.166. The fraction of sp³-hybridized carbons (Fsp3) is 0.222. The lowest BCUT2D eigenvalue weighted by Crippen LogP contribution is -2.27. The number of nitrogens with one attached hydrogen (secondary N) is 2. The van der Waals surface area contributed by atoms with E-state index in [-0.39, 0.29) is 18.0 Å². The summed E-state index contributed by atoms with van der Waals surface area (Å²) in [7, 11) is 0. The third kappa shape index (κ3) is 4.00. The van der Waals surface area contributed by atoms with Crippen LogP contribution in [0.5, 0.6) is 0 Å². The lowest BCUT2D eigenvalue weighted by molar-refractivity contribution is 0.0950. The molecule has 2 N–H and O–H groups in total. The van der Waals surface area contributed by atoms with E-state index in [2.05, 4.69) is 20.4 Å². The van der Waals surface area contributed by atoms with Crippen LogP contribution < -0.4 is 10.9 Å². The number of amides is 1. The van der Waals surface area contributed by atoms with Gasteiger partial charge in [0.2, 0.25) is 0 Å². The van der Waals surface area contributed by atoms with Crippen molar-refractivity contribution in [3.8, 4) is 0 Å². The second kappa shape index (κ2) is 7.12. The Morgan fingerprint density at radius 2 is 2.00 bits per heavy atom. The molecule has 0 aliphatic rings. The van der Waals surface area contributed by atoms with Gasteiger partial charge >= 0.3 is 0 Å². The number of aromatic nitrogens is 4. The average Bonchev–Trinajstić information content (AvgIpc) is 3.07. The van der Waals surface area contributed by atoms with Gasteiger partial charge in [-0.1, -0.05) is 12.1 Å². The van der Waals surface area contributed by atoms with Crippen molar-refractivity contribution < 1.29 is 4.79 Å². The molecule has 1 aromatic carbocycles. The number of carbonyl (C=O) groups is 1. The molecule has 0 saturated carbocycles. The van der Waals surface area contributed by atoms with Crippen LogP contribution in [0.4, 0.5) is 0 Å². The summed E-state index contributed by atoms with van der Waals surface area (Å²) < 4.78 is 1.71. The van der Waals surface area contributed by atoms with Crippen LogP contribution in [-0.2, 0) is 13.1 Å². The van der Waals surface area contributed by atoms with Gasteiger partial charge < -0.3 is 10.3 Å². The van der Waals surface area contributed by atoms with Crippen LogP contribution in [0, 0.1) is 13.8 Å². The summed E-state index contributed by atoms with van der Waals surface area (Å²) in [5.41, 5.74) is 3.64. The van der Waals surface area contributed by atoms with Crippen LogP contribution in [0.3, 0.4) is 0 Å². The number of aromatic amines is 1. The Labute approximate surface area is 144 Å². The first-order valence-corrected chi connectivity index (χ1v) is 7.92. The summed E-state index contributed by atoms with van der Waals surface area (Å²) in [6.45, 7) is 4.49. The van der Waals surface area contributed by atoms with Gasteiger partial charge in [-0.2, -0.15) is 5.10 Å². The SMILES string of the molecule is Cc1cc(C)c(CNC(=O)c2ccc(Cn3cncn3)cc2)c(=O)[nH]1. The molecule has 25 heavy (non-hydrogen) atoms. The number of pyridine rings is 1. The molecule has 1 amide bonds. The molecule has 0 fully saturated rings. The summed E-state index contributed by atoms with van der Waals surface area (Å²) in [6.07, 6.45) is 3.12. The summed E-state index contributed by atoms with van der Waals surface area (Å²) in [5.74, 6) is -0.216. The molecule has 0 bridgehead atoms. The maximum absolute atomic E-state index is 12.3. The molecule has 2 aromatic heterocycles. The summed E-state index contributed by atoms with van der Waals surface area (Å²) in [5, 5.41) is 6.84. The van der Waals surface area contributed by atoms with Gasteiger partial charge in [0.1, 0.15) is 12.7 Å². The number of hydrogen-bond acceptors (Lipinski definition) is 4. The number of H-pyrrole nitrogens is 1. The third-order valence-corrected chi connectivity index (χ3v) is 3.95. The van der Waals surface area contributed by atoms with Gasteiger partial charge in [-0.25, -0.2) is 9.67 Å². The van der Waals surface area contributed by atoms with Crippen LogP contribution in [-0.4, -0.2) is 25.7 Å². The van der Waals surface area contributed by atoms with Gasteiger partial charge in [0.05, 0.1) is 6.54 Å². The molecule has 3 aromatic rings. The standard InChI is InChI=1S/C18H19N5O2/c1-12-7-13(2)22-18(25)16(12)8-20-17(24)15-5-3-14(4-6-15)9-23-11-19-10-21-23/h3-7,10-11H,8-9H2,1-2H3,(H,20,24)(H,22,25). The first-order valence-electron chi connectivity index (χ1n) is 7.92. The predicted molar refractivity (Wildman–Crippen MR) is 93.3 cm³/mol. The normalized spacial score (nSPS) is 10.6. The van der Waals surface area contributed by atoms with Gasteiger partial charge in [0.25, 0.3) is 11.5 Å². The van der Waals surface area contributed by atoms with E-state index in [1.807, 2.05) is 32.0 Å². The van der Waals surface area contributed by atoms with E-state index in [0.29, 0.717) is 17.7 Å². The molecule has 0 spiro atoms. The topological polar surface area (TPSA) is 92.7 Å². The Morgan fingerprint density at radius 3 is 2.64 bits per heavy atom. The zero-order valence-electron chi connectivity index (χ0n) is 14.1. The van der Waals surface area contributed by atoms with Gasteiger partial charge in [0.15, 0.2) is 0 Å². The van der Waals surface area contributed by atoms with E-state index < -0.39 is 0 Å². The highest BCUT2D eigenvalue weighted by Gasteiger charge is 2.09. The first kappa shape index (κ1) is 16.6. The fourth-order valence-electron chi connectivity index (χ4n) is 2.63. The van der Waals surface area contributed by atoms with E-state index in [1.54, 1.807) is 23.1 Å². The number of aryl methyl sites for hydroxylation is 2. The van der Waals surface area contributed by atoms with Crippen LogP contribution in [0.2, 0.25) is 0 Å². The molecule has 0 aliphatic carbocycles. The molecule has 7 nitrogen and oxygen atoms in total. The van der Waals surface area contributed by atoms with Crippen LogP contribution >= 0.6 is 0 Å². The molecule has 0 unspecified atom stereocenters. The highest BCUT2D eigenvalue weighted by molar-refractivity contribution is 5.94. The van der Waals surface area contributed by atoms with Crippen LogP contribution in [0.1, 0.15) is 32.7 Å². The average molecular weight is 337 g/mol. The second-order valence-electron chi connectivity index (χ2n) is 5.92. The largest absolute Gasteiger partial charge is 0.348 e. The smallest absolute Gasteiger partial charge is 0.253 e. The lowest BCUT2D eigenvalue weighted by atomic mass is 10.1. The van der Waals surface area contributed by atoms with E-state index >= 15 is 0 Å². The van der Waals surface area contributed by atoms with E-state index in [0.717, 1.165) is 16.8 Å². The van der Waals surface area contributed by atoms with Gasteiger partial charge in [0, 0.05) is 23.4 Å². The van der Waals surface area contributed by atoms with E-state index in [1.165, 1.54) is 6.33 Å². The van der Waals surface area contributed by atoms with Crippen molar-refractivity contribution in [2.45, 2.75) is 26.9 Å². The molecule has 0 atom stereocenters. The van der Waals surface area contributed by atoms with Crippen molar-refractivity contribution in [1.29, 1.82) is 0 Å². The molecule has 0 aliphatic heterocycles. The Kier molecular flexibility index (Phi) is 4.74. The minimum Gasteiger partial charge on any atom is -0.348 e. The van der Waals surface area contributed by atoms with Crippen molar-refractivity contribution in [3.63, 3.8) is 0 Å². The van der Waals surface area contributed by atoms with Gasteiger partial charge in [-0.15, -0.1) is 0 Å². The Hall–Kier alpha value is -3.22. The van der Waals surface area contributed by atoms with Gasteiger partial charge in [-0.05, 0) is 43.2 Å². The number of rotatable bonds is 5. The quantitative estimate of drug-likeness (QED) is 0.739. The summed E-state index contributed by atoms with van der Waals surface area (Å²) >= 11 is 0. The minimum atomic E-state index is -0.216. The van der Waals surface area contributed by atoms with Crippen molar-refractivity contribution in [1.82, 2.24) is 25.1 Å². The number of nitrogens with zero attached hydrogens (tertiary/aromatic N) is 3. The number of carbonyl (C=O) groups excluding carboxylic acids is 1. The third-order valence-electron chi connectivity index (χ3n) is 3.95. The fourth-order valence-corrected chi connectivity index (χ4v) is 2.63. The molecule has 7 heteroatoms. The van der Waals surface area contributed by atoms with Crippen molar-refractivity contribution in [2.24, 2.45) is 0 Å². The Morgan fingerprint density at radius 1 is 1.24 bits per heavy atom. The van der Waals surface area contributed by atoms with E-state index in [4.69, 9.17) is 0 Å². The van der Waals surface area contributed by atoms with Crippen LogP contribution in [0.15, 0.2) is 47.8 Å². The zero-order valence-corrected chi connectivity index (χ0v) is 14.1. The Balaban J connectivity index is 1.65. The lowest BCUT2D eigenvalue weighted by Gasteiger charge is -2.09. The first-order chi connectivity index (χ1) is 12.0. The molecule has 128 valence electrons. The molecule has 2 heterocycles. The van der Waals surface area contributed by atoms with Crippen molar-refractivity contribution >= 4 is 5.91 Å². The highest BCUT2D eigenvalue weighted by Crippen LogP contribution is 2.07. The molecular weight excluding hydrogens is 318 g/mol. The van der Waals surface area contributed by atoms with E-state index in [9.17, 15) is 9.59 Å².